The third kappa shape index (κ3) is 5.60. The van der Waals surface area contributed by atoms with Gasteiger partial charge >= 0.3 is 0 Å². The normalized spacial score (nSPS) is 12.4. The molecule has 1 aromatic heterocycles. The van der Waals surface area contributed by atoms with Crippen molar-refractivity contribution in [1.82, 2.24) is 15.6 Å². The van der Waals surface area contributed by atoms with E-state index in [-0.39, 0.29) is 11.9 Å². The van der Waals surface area contributed by atoms with Crippen LogP contribution in [0.4, 0.5) is 0 Å². The summed E-state index contributed by atoms with van der Waals surface area (Å²) in [6, 6.07) is -0.137. The molecule has 18 heavy (non-hydrogen) atoms. The van der Waals surface area contributed by atoms with E-state index in [9.17, 15) is 4.79 Å². The molecule has 0 aliphatic carbocycles. The Kier molecular flexibility index (Phi) is 6.90. The molecule has 0 saturated heterocycles. The molecule has 0 fully saturated rings. The van der Waals surface area contributed by atoms with Crippen molar-refractivity contribution in [2.24, 2.45) is 0 Å². The molecule has 1 heterocycles. The molecule has 5 heteroatoms. The standard InChI is InChI=1S/C13H23N3OS/c1-4-5-7-15-13(17)10(2)14-8-6-12-9-18-11(3)16-12/h9-10,14H,4-8H2,1-3H3,(H,15,17). The zero-order chi connectivity index (χ0) is 13.4. The van der Waals surface area contributed by atoms with Gasteiger partial charge in [0.25, 0.3) is 0 Å². The highest BCUT2D eigenvalue weighted by atomic mass is 32.1. The minimum absolute atomic E-state index is 0.0814. The first-order valence-corrected chi connectivity index (χ1v) is 7.43. The lowest BCUT2D eigenvalue weighted by Crippen LogP contribution is -2.43. The summed E-state index contributed by atoms with van der Waals surface area (Å²) < 4.78 is 0. The summed E-state index contributed by atoms with van der Waals surface area (Å²) in [5, 5.41) is 9.31. The molecule has 1 unspecified atom stereocenters. The maximum absolute atomic E-state index is 11.7. The number of thiazole rings is 1. The van der Waals surface area contributed by atoms with Crippen LogP contribution in [-0.4, -0.2) is 30.0 Å². The number of rotatable bonds is 8. The van der Waals surface area contributed by atoms with Crippen LogP contribution in [-0.2, 0) is 11.2 Å². The van der Waals surface area contributed by atoms with Gasteiger partial charge in [-0.3, -0.25) is 4.79 Å². The molecule has 0 saturated carbocycles. The average Bonchev–Trinajstić information content (AvgIpc) is 2.75. The van der Waals surface area contributed by atoms with E-state index in [1.54, 1.807) is 11.3 Å². The van der Waals surface area contributed by atoms with Crippen LogP contribution in [0.5, 0.6) is 0 Å². The number of nitrogens with zero attached hydrogens (tertiary/aromatic N) is 1. The molecule has 2 N–H and O–H groups in total. The van der Waals surface area contributed by atoms with E-state index in [1.807, 2.05) is 13.8 Å². The van der Waals surface area contributed by atoms with Gasteiger partial charge in [-0.05, 0) is 20.3 Å². The van der Waals surface area contributed by atoms with Crippen LogP contribution in [0.3, 0.4) is 0 Å². The minimum Gasteiger partial charge on any atom is -0.355 e. The Labute approximate surface area is 113 Å². The summed E-state index contributed by atoms with van der Waals surface area (Å²) in [6.45, 7) is 7.57. The second-order valence-electron chi connectivity index (χ2n) is 4.43. The molecular formula is C13H23N3OS. The van der Waals surface area contributed by atoms with Gasteiger partial charge in [-0.2, -0.15) is 0 Å². The van der Waals surface area contributed by atoms with Crippen LogP contribution in [0.25, 0.3) is 0 Å². The van der Waals surface area contributed by atoms with Gasteiger partial charge in [-0.25, -0.2) is 4.98 Å². The van der Waals surface area contributed by atoms with Crippen LogP contribution < -0.4 is 10.6 Å². The maximum atomic E-state index is 11.7. The molecule has 1 amide bonds. The molecule has 4 nitrogen and oxygen atoms in total. The molecule has 0 aromatic carbocycles. The summed E-state index contributed by atoms with van der Waals surface area (Å²) in [5.41, 5.74) is 1.10. The Balaban J connectivity index is 2.16. The summed E-state index contributed by atoms with van der Waals surface area (Å²) in [4.78, 5) is 16.1. The van der Waals surface area contributed by atoms with Gasteiger partial charge in [0.1, 0.15) is 0 Å². The summed E-state index contributed by atoms with van der Waals surface area (Å²) in [7, 11) is 0. The number of aryl methyl sites for hydroxylation is 1. The summed E-state index contributed by atoms with van der Waals surface area (Å²) in [6.07, 6.45) is 3.01. The highest BCUT2D eigenvalue weighted by molar-refractivity contribution is 7.09. The number of hydrogen-bond acceptors (Lipinski definition) is 4. The molecule has 1 aromatic rings. The monoisotopic (exact) mass is 269 g/mol. The Morgan fingerprint density at radius 2 is 2.28 bits per heavy atom. The topological polar surface area (TPSA) is 54.0 Å². The van der Waals surface area contributed by atoms with E-state index in [1.165, 1.54) is 0 Å². The van der Waals surface area contributed by atoms with Crippen LogP contribution in [0, 0.1) is 6.92 Å². The maximum Gasteiger partial charge on any atom is 0.236 e. The van der Waals surface area contributed by atoms with Crippen molar-refractivity contribution in [3.05, 3.63) is 16.1 Å². The molecule has 0 bridgehead atoms. The fourth-order valence-electron chi connectivity index (χ4n) is 1.57. The van der Waals surface area contributed by atoms with E-state index in [2.05, 4.69) is 27.9 Å². The lowest BCUT2D eigenvalue weighted by molar-refractivity contribution is -0.122. The quantitative estimate of drug-likeness (QED) is 0.709. The highest BCUT2D eigenvalue weighted by Crippen LogP contribution is 2.07. The van der Waals surface area contributed by atoms with E-state index >= 15 is 0 Å². The fraction of sp³-hybridized carbons (Fsp3) is 0.692. The largest absolute Gasteiger partial charge is 0.355 e. The predicted molar refractivity (Wildman–Crippen MR) is 75.9 cm³/mol. The lowest BCUT2D eigenvalue weighted by atomic mass is 10.2. The van der Waals surface area contributed by atoms with E-state index in [0.29, 0.717) is 0 Å². The number of amides is 1. The third-order valence-corrected chi connectivity index (χ3v) is 3.54. The molecular weight excluding hydrogens is 246 g/mol. The number of carbonyl (C=O) groups excluding carboxylic acids is 1. The molecule has 0 aliphatic heterocycles. The van der Waals surface area contributed by atoms with Gasteiger partial charge in [-0.1, -0.05) is 13.3 Å². The van der Waals surface area contributed by atoms with Gasteiger partial charge in [0.05, 0.1) is 16.7 Å². The first-order valence-electron chi connectivity index (χ1n) is 6.55. The van der Waals surface area contributed by atoms with Crippen LogP contribution >= 0.6 is 11.3 Å². The minimum atomic E-state index is -0.137. The molecule has 1 rings (SSSR count). The van der Waals surface area contributed by atoms with Crippen LogP contribution in [0.15, 0.2) is 5.38 Å². The van der Waals surface area contributed by atoms with Gasteiger partial charge in [0.15, 0.2) is 0 Å². The average molecular weight is 269 g/mol. The SMILES string of the molecule is CCCCNC(=O)C(C)NCCc1csc(C)n1. The molecule has 102 valence electrons. The molecule has 0 aliphatic rings. The molecule has 0 radical (unpaired) electrons. The number of aromatic nitrogens is 1. The second kappa shape index (κ2) is 8.21. The number of hydrogen-bond donors (Lipinski definition) is 2. The van der Waals surface area contributed by atoms with E-state index < -0.39 is 0 Å². The van der Waals surface area contributed by atoms with Gasteiger partial charge in [0, 0.05) is 24.9 Å². The second-order valence-corrected chi connectivity index (χ2v) is 5.49. The van der Waals surface area contributed by atoms with Gasteiger partial charge in [0.2, 0.25) is 5.91 Å². The van der Waals surface area contributed by atoms with Crippen molar-refractivity contribution in [3.63, 3.8) is 0 Å². The Hall–Kier alpha value is -0.940. The number of nitrogens with one attached hydrogen (secondary N) is 2. The van der Waals surface area contributed by atoms with Crippen molar-refractivity contribution in [2.45, 2.75) is 46.1 Å². The zero-order valence-corrected chi connectivity index (χ0v) is 12.3. The van der Waals surface area contributed by atoms with Crippen molar-refractivity contribution >= 4 is 17.2 Å². The van der Waals surface area contributed by atoms with E-state index in [4.69, 9.17) is 0 Å². The van der Waals surface area contributed by atoms with Gasteiger partial charge < -0.3 is 10.6 Å². The number of carbonyl (C=O) groups is 1. The molecule has 1 atom stereocenters. The Morgan fingerprint density at radius 3 is 2.89 bits per heavy atom. The number of unbranched alkanes of at least 4 members (excludes halogenated alkanes) is 1. The van der Waals surface area contributed by atoms with Gasteiger partial charge in [-0.15, -0.1) is 11.3 Å². The third-order valence-electron chi connectivity index (χ3n) is 2.72. The highest BCUT2D eigenvalue weighted by Gasteiger charge is 2.10. The molecule has 0 spiro atoms. The first-order chi connectivity index (χ1) is 8.63. The summed E-state index contributed by atoms with van der Waals surface area (Å²) >= 11 is 1.66. The lowest BCUT2D eigenvalue weighted by Gasteiger charge is -2.13. The Morgan fingerprint density at radius 1 is 1.50 bits per heavy atom. The van der Waals surface area contributed by atoms with Crippen molar-refractivity contribution in [3.8, 4) is 0 Å². The van der Waals surface area contributed by atoms with Crippen LogP contribution in [0.2, 0.25) is 0 Å². The van der Waals surface area contributed by atoms with Crippen molar-refractivity contribution < 1.29 is 4.79 Å². The Bertz CT molecular complexity index is 365. The van der Waals surface area contributed by atoms with Crippen LogP contribution in [0.1, 0.15) is 37.4 Å². The fourth-order valence-corrected chi connectivity index (χ4v) is 2.22. The van der Waals surface area contributed by atoms with Crippen molar-refractivity contribution in [2.75, 3.05) is 13.1 Å². The van der Waals surface area contributed by atoms with E-state index in [0.717, 1.165) is 43.1 Å². The summed E-state index contributed by atoms with van der Waals surface area (Å²) in [5.74, 6) is 0.0814. The predicted octanol–water partition coefficient (Wildman–Crippen LogP) is 1.89. The first kappa shape index (κ1) is 15.1. The zero-order valence-electron chi connectivity index (χ0n) is 11.5. The van der Waals surface area contributed by atoms with Crippen molar-refractivity contribution in [1.29, 1.82) is 0 Å². The smallest absolute Gasteiger partial charge is 0.236 e.